The summed E-state index contributed by atoms with van der Waals surface area (Å²) in [5, 5.41) is 12.9. The van der Waals surface area contributed by atoms with E-state index in [2.05, 4.69) is 10.1 Å². The molecule has 7 heteroatoms. The highest BCUT2D eigenvalue weighted by Crippen LogP contribution is 2.19. The standard InChI is InChI=1S/C17H19N3O4/c21-15(20-10-8-13(9-11-20)17(22)23)7-6-14-18-16(19-24-14)12-4-2-1-3-5-12/h1-5,13H,6-11H2,(H,22,23). The number of likely N-dealkylation sites (tertiary alicyclic amines) is 1. The minimum atomic E-state index is -0.776. The summed E-state index contributed by atoms with van der Waals surface area (Å²) in [7, 11) is 0. The lowest BCUT2D eigenvalue weighted by Crippen LogP contribution is -2.40. The highest BCUT2D eigenvalue weighted by Gasteiger charge is 2.26. The fraction of sp³-hybridized carbons (Fsp3) is 0.412. The molecule has 0 radical (unpaired) electrons. The Morgan fingerprint density at radius 1 is 1.21 bits per heavy atom. The first-order chi connectivity index (χ1) is 11.6. The number of amides is 1. The lowest BCUT2D eigenvalue weighted by Gasteiger charge is -2.30. The monoisotopic (exact) mass is 329 g/mol. The average Bonchev–Trinajstić information content (AvgIpc) is 3.09. The van der Waals surface area contributed by atoms with Gasteiger partial charge in [-0.25, -0.2) is 0 Å². The molecule has 2 heterocycles. The van der Waals surface area contributed by atoms with Crippen LogP contribution in [0.1, 0.15) is 25.2 Å². The van der Waals surface area contributed by atoms with Gasteiger partial charge in [0.1, 0.15) is 0 Å². The van der Waals surface area contributed by atoms with E-state index in [0.29, 0.717) is 44.1 Å². The molecule has 1 amide bonds. The highest BCUT2D eigenvalue weighted by molar-refractivity contribution is 5.77. The molecule has 0 spiro atoms. The lowest BCUT2D eigenvalue weighted by molar-refractivity contribution is -0.145. The van der Waals surface area contributed by atoms with Gasteiger partial charge in [0.25, 0.3) is 0 Å². The van der Waals surface area contributed by atoms with E-state index in [0.717, 1.165) is 5.56 Å². The van der Waals surface area contributed by atoms with Crippen molar-refractivity contribution >= 4 is 11.9 Å². The van der Waals surface area contributed by atoms with Crippen molar-refractivity contribution in [3.8, 4) is 11.4 Å². The van der Waals surface area contributed by atoms with Gasteiger partial charge in [0.05, 0.1) is 5.92 Å². The molecule has 1 aromatic carbocycles. The van der Waals surface area contributed by atoms with Crippen molar-refractivity contribution < 1.29 is 19.2 Å². The third-order valence-electron chi connectivity index (χ3n) is 4.25. The van der Waals surface area contributed by atoms with Gasteiger partial charge in [0.2, 0.25) is 17.6 Å². The molecular weight excluding hydrogens is 310 g/mol. The van der Waals surface area contributed by atoms with Gasteiger partial charge in [-0.1, -0.05) is 35.5 Å². The maximum atomic E-state index is 12.2. The Bertz CT molecular complexity index is 706. The topological polar surface area (TPSA) is 96.5 Å². The molecule has 1 fully saturated rings. The smallest absolute Gasteiger partial charge is 0.306 e. The van der Waals surface area contributed by atoms with Crippen molar-refractivity contribution in [2.24, 2.45) is 5.92 Å². The maximum Gasteiger partial charge on any atom is 0.306 e. The van der Waals surface area contributed by atoms with Crippen LogP contribution in [0.3, 0.4) is 0 Å². The fourth-order valence-corrected chi connectivity index (χ4v) is 2.81. The average molecular weight is 329 g/mol. The SMILES string of the molecule is O=C(O)C1CCN(C(=O)CCc2nc(-c3ccccc3)no2)CC1. The van der Waals surface area contributed by atoms with E-state index in [-0.39, 0.29) is 18.2 Å². The first kappa shape index (κ1) is 16.2. The van der Waals surface area contributed by atoms with Crippen LogP contribution < -0.4 is 0 Å². The van der Waals surface area contributed by atoms with E-state index >= 15 is 0 Å². The summed E-state index contributed by atoms with van der Waals surface area (Å²) in [6.07, 6.45) is 1.70. The molecule has 7 nitrogen and oxygen atoms in total. The first-order valence-electron chi connectivity index (χ1n) is 8.02. The Hall–Kier alpha value is -2.70. The van der Waals surface area contributed by atoms with Crippen molar-refractivity contribution in [2.45, 2.75) is 25.7 Å². The van der Waals surface area contributed by atoms with Crippen LogP contribution in [0.4, 0.5) is 0 Å². The molecular formula is C17H19N3O4. The lowest BCUT2D eigenvalue weighted by atomic mass is 9.97. The zero-order chi connectivity index (χ0) is 16.9. The Morgan fingerprint density at radius 3 is 2.58 bits per heavy atom. The number of aliphatic carboxylic acids is 1. The molecule has 1 saturated heterocycles. The number of carboxylic acid groups (broad SMARTS) is 1. The van der Waals surface area contributed by atoms with Crippen LogP contribution in [0.15, 0.2) is 34.9 Å². The second-order valence-electron chi connectivity index (χ2n) is 5.87. The molecule has 1 aromatic heterocycles. The predicted octanol–water partition coefficient (Wildman–Crippen LogP) is 1.99. The molecule has 126 valence electrons. The van der Waals surface area contributed by atoms with E-state index in [9.17, 15) is 9.59 Å². The minimum absolute atomic E-state index is 0.00157. The molecule has 1 aliphatic heterocycles. The number of hydrogen-bond donors (Lipinski definition) is 1. The fourth-order valence-electron chi connectivity index (χ4n) is 2.81. The predicted molar refractivity (Wildman–Crippen MR) is 85.0 cm³/mol. The summed E-state index contributed by atoms with van der Waals surface area (Å²) in [5.74, 6) is -0.166. The number of hydrogen-bond acceptors (Lipinski definition) is 5. The summed E-state index contributed by atoms with van der Waals surface area (Å²) in [6.45, 7) is 0.990. The Balaban J connectivity index is 1.50. The molecule has 1 aliphatic rings. The first-order valence-corrected chi connectivity index (χ1v) is 8.02. The van der Waals surface area contributed by atoms with Crippen molar-refractivity contribution in [1.29, 1.82) is 0 Å². The number of benzene rings is 1. The van der Waals surface area contributed by atoms with Crippen LogP contribution in [0.2, 0.25) is 0 Å². The minimum Gasteiger partial charge on any atom is -0.481 e. The van der Waals surface area contributed by atoms with Crippen LogP contribution in [-0.4, -0.2) is 45.1 Å². The van der Waals surface area contributed by atoms with Gasteiger partial charge in [-0.2, -0.15) is 4.98 Å². The van der Waals surface area contributed by atoms with Crippen molar-refractivity contribution in [3.63, 3.8) is 0 Å². The number of piperidine rings is 1. The van der Waals surface area contributed by atoms with Crippen molar-refractivity contribution in [1.82, 2.24) is 15.0 Å². The molecule has 0 aliphatic carbocycles. The Kier molecular flexibility index (Phi) is 4.88. The molecule has 0 atom stereocenters. The second-order valence-corrected chi connectivity index (χ2v) is 5.87. The zero-order valence-electron chi connectivity index (χ0n) is 13.2. The molecule has 3 rings (SSSR count). The maximum absolute atomic E-state index is 12.2. The van der Waals surface area contributed by atoms with Crippen molar-refractivity contribution in [3.05, 3.63) is 36.2 Å². The molecule has 24 heavy (non-hydrogen) atoms. The van der Waals surface area contributed by atoms with Crippen LogP contribution in [0.5, 0.6) is 0 Å². The van der Waals surface area contributed by atoms with Gasteiger partial charge in [-0.05, 0) is 12.8 Å². The number of carbonyl (C=O) groups is 2. The van der Waals surface area contributed by atoms with Gasteiger partial charge in [-0.3, -0.25) is 9.59 Å². The quantitative estimate of drug-likeness (QED) is 0.901. The molecule has 0 unspecified atom stereocenters. The largest absolute Gasteiger partial charge is 0.481 e. The van der Waals surface area contributed by atoms with Gasteiger partial charge in [-0.15, -0.1) is 0 Å². The van der Waals surface area contributed by atoms with Crippen LogP contribution in [-0.2, 0) is 16.0 Å². The van der Waals surface area contributed by atoms with Gasteiger partial charge >= 0.3 is 5.97 Å². The summed E-state index contributed by atoms with van der Waals surface area (Å²) in [6, 6.07) is 9.50. The third-order valence-corrected chi connectivity index (χ3v) is 4.25. The van der Waals surface area contributed by atoms with Gasteiger partial charge in [0, 0.05) is 31.5 Å². The van der Waals surface area contributed by atoms with Crippen LogP contribution in [0, 0.1) is 5.92 Å². The summed E-state index contributed by atoms with van der Waals surface area (Å²) < 4.78 is 5.20. The Labute approximate surface area is 139 Å². The summed E-state index contributed by atoms with van der Waals surface area (Å²) in [4.78, 5) is 29.2. The van der Waals surface area contributed by atoms with E-state index in [1.807, 2.05) is 30.3 Å². The second kappa shape index (κ2) is 7.25. The normalized spacial score (nSPS) is 15.4. The van der Waals surface area contributed by atoms with Crippen molar-refractivity contribution in [2.75, 3.05) is 13.1 Å². The number of aromatic nitrogens is 2. The van der Waals surface area contributed by atoms with E-state index in [4.69, 9.17) is 9.63 Å². The highest BCUT2D eigenvalue weighted by atomic mass is 16.5. The van der Waals surface area contributed by atoms with Gasteiger partial charge in [0.15, 0.2) is 0 Å². The number of rotatable bonds is 5. The molecule has 0 bridgehead atoms. The number of aryl methyl sites for hydroxylation is 1. The number of nitrogens with zero attached hydrogens (tertiary/aromatic N) is 3. The van der Waals surface area contributed by atoms with Crippen LogP contribution >= 0.6 is 0 Å². The molecule has 0 saturated carbocycles. The zero-order valence-corrected chi connectivity index (χ0v) is 13.2. The third kappa shape index (κ3) is 3.79. The van der Waals surface area contributed by atoms with E-state index < -0.39 is 5.97 Å². The molecule has 1 N–H and O–H groups in total. The Morgan fingerprint density at radius 2 is 1.92 bits per heavy atom. The van der Waals surface area contributed by atoms with E-state index in [1.54, 1.807) is 4.90 Å². The van der Waals surface area contributed by atoms with E-state index in [1.165, 1.54) is 0 Å². The van der Waals surface area contributed by atoms with Gasteiger partial charge < -0.3 is 14.5 Å². The van der Waals surface area contributed by atoms with Crippen LogP contribution in [0.25, 0.3) is 11.4 Å². The molecule has 2 aromatic rings. The summed E-state index contributed by atoms with van der Waals surface area (Å²) in [5.41, 5.74) is 0.870. The number of carbonyl (C=O) groups excluding carboxylic acids is 1. The number of carboxylic acids is 1. The summed E-state index contributed by atoms with van der Waals surface area (Å²) >= 11 is 0.